The second-order valence-corrected chi connectivity index (χ2v) is 3.80. The van der Waals surface area contributed by atoms with Crippen molar-refractivity contribution in [3.8, 4) is 0 Å². The van der Waals surface area contributed by atoms with Crippen LogP contribution < -0.4 is 0 Å². The quantitative estimate of drug-likeness (QED) is 0.727. The summed E-state index contributed by atoms with van der Waals surface area (Å²) < 4.78 is 25.2. The predicted octanol–water partition coefficient (Wildman–Crippen LogP) is 3.54. The Morgan fingerprint density at radius 1 is 1.44 bits per heavy atom. The zero-order valence-corrected chi connectivity index (χ0v) is 9.73. The van der Waals surface area contributed by atoms with Crippen LogP contribution in [-0.4, -0.2) is 11.7 Å². The third-order valence-electron chi connectivity index (χ3n) is 2.37. The van der Waals surface area contributed by atoms with Crippen LogP contribution in [0.4, 0.5) is 8.78 Å². The van der Waals surface area contributed by atoms with Crippen LogP contribution in [0, 0.1) is 0 Å². The van der Waals surface area contributed by atoms with Crippen LogP contribution in [0.15, 0.2) is 18.2 Å². The van der Waals surface area contributed by atoms with Crippen LogP contribution in [0.25, 0.3) is 0 Å². The van der Waals surface area contributed by atoms with E-state index < -0.39 is 6.43 Å². The second-order valence-electron chi connectivity index (χ2n) is 3.54. The number of ketones is 1. The third-order valence-corrected chi connectivity index (χ3v) is 2.67. The summed E-state index contributed by atoms with van der Waals surface area (Å²) in [5, 5.41) is 0. The average molecular weight is 247 g/mol. The zero-order valence-electron chi connectivity index (χ0n) is 8.97. The highest BCUT2D eigenvalue weighted by Gasteiger charge is 2.12. The number of Topliss-reactive ketones (excluding diaryl/α,β-unsaturated/α-hetero) is 1. The van der Waals surface area contributed by atoms with E-state index in [1.807, 2.05) is 6.92 Å². The molecule has 0 amide bonds. The molecule has 0 N–H and O–H groups in total. The number of halogens is 3. The second kappa shape index (κ2) is 5.94. The van der Waals surface area contributed by atoms with Crippen molar-refractivity contribution in [3.63, 3.8) is 0 Å². The normalized spacial score (nSPS) is 10.8. The van der Waals surface area contributed by atoms with E-state index in [9.17, 15) is 13.6 Å². The van der Waals surface area contributed by atoms with Gasteiger partial charge in [-0.15, -0.1) is 11.6 Å². The SMILES string of the molecule is CCc1cc(CC(=O)CCl)ccc1C(F)F. The van der Waals surface area contributed by atoms with Gasteiger partial charge in [0.1, 0.15) is 0 Å². The van der Waals surface area contributed by atoms with E-state index >= 15 is 0 Å². The van der Waals surface area contributed by atoms with Gasteiger partial charge in [0.15, 0.2) is 5.78 Å². The minimum absolute atomic E-state index is 0.0436. The maximum Gasteiger partial charge on any atom is 0.264 e. The highest BCUT2D eigenvalue weighted by molar-refractivity contribution is 6.27. The summed E-state index contributed by atoms with van der Waals surface area (Å²) in [5.41, 5.74) is 1.38. The first-order valence-electron chi connectivity index (χ1n) is 5.06. The van der Waals surface area contributed by atoms with Crippen LogP contribution in [0.3, 0.4) is 0 Å². The Morgan fingerprint density at radius 2 is 2.12 bits per heavy atom. The standard InChI is InChI=1S/C12H13ClF2O/c1-2-9-5-8(6-10(16)7-13)3-4-11(9)12(14)15/h3-5,12H,2,6-7H2,1H3. The highest BCUT2D eigenvalue weighted by Crippen LogP contribution is 2.24. The molecule has 0 bridgehead atoms. The van der Waals surface area contributed by atoms with E-state index in [1.165, 1.54) is 6.07 Å². The summed E-state index contributed by atoms with van der Waals surface area (Å²) in [6.45, 7) is 1.81. The molecule has 16 heavy (non-hydrogen) atoms. The van der Waals surface area contributed by atoms with Crippen LogP contribution in [0.5, 0.6) is 0 Å². The molecule has 0 saturated heterocycles. The molecule has 0 aliphatic rings. The molecule has 0 unspecified atom stereocenters. The lowest BCUT2D eigenvalue weighted by molar-refractivity contribution is -0.116. The molecule has 4 heteroatoms. The van der Waals surface area contributed by atoms with Crippen LogP contribution in [-0.2, 0) is 17.6 Å². The van der Waals surface area contributed by atoms with Gasteiger partial charge in [-0.05, 0) is 17.5 Å². The van der Waals surface area contributed by atoms with Crippen molar-refractivity contribution in [3.05, 3.63) is 34.9 Å². The number of hydrogen-bond donors (Lipinski definition) is 0. The number of carbonyl (C=O) groups is 1. The molecule has 0 spiro atoms. The lowest BCUT2D eigenvalue weighted by Gasteiger charge is -2.09. The molecule has 1 aromatic rings. The third kappa shape index (κ3) is 3.27. The van der Waals surface area contributed by atoms with Crippen molar-refractivity contribution in [1.29, 1.82) is 0 Å². The Balaban J connectivity index is 2.95. The molecule has 0 aromatic heterocycles. The number of rotatable bonds is 5. The molecule has 0 aliphatic heterocycles. The first kappa shape index (κ1) is 13.1. The molecule has 1 rings (SSSR count). The lowest BCUT2D eigenvalue weighted by atomic mass is 9.99. The van der Waals surface area contributed by atoms with Crippen molar-refractivity contribution < 1.29 is 13.6 Å². The molecule has 1 nitrogen and oxygen atoms in total. The Hall–Kier alpha value is -0.960. The molecule has 0 atom stereocenters. The van der Waals surface area contributed by atoms with Gasteiger partial charge < -0.3 is 0 Å². The molecular formula is C12H13ClF2O. The van der Waals surface area contributed by atoms with Crippen LogP contribution >= 0.6 is 11.6 Å². The van der Waals surface area contributed by atoms with E-state index in [4.69, 9.17) is 11.6 Å². The summed E-state index contributed by atoms with van der Waals surface area (Å²) in [6, 6.07) is 4.61. The summed E-state index contributed by atoms with van der Waals surface area (Å²) >= 11 is 5.39. The molecular weight excluding hydrogens is 234 g/mol. The highest BCUT2D eigenvalue weighted by atomic mass is 35.5. The Labute approximate surface area is 98.4 Å². The van der Waals surface area contributed by atoms with E-state index in [0.717, 1.165) is 5.56 Å². The van der Waals surface area contributed by atoms with Crippen molar-refractivity contribution in [2.24, 2.45) is 0 Å². The van der Waals surface area contributed by atoms with Gasteiger partial charge in [0.25, 0.3) is 6.43 Å². The monoisotopic (exact) mass is 246 g/mol. The zero-order chi connectivity index (χ0) is 12.1. The van der Waals surface area contributed by atoms with E-state index in [2.05, 4.69) is 0 Å². The van der Waals surface area contributed by atoms with Crippen LogP contribution in [0.1, 0.15) is 30.0 Å². The van der Waals surface area contributed by atoms with Gasteiger partial charge in [-0.25, -0.2) is 8.78 Å². The van der Waals surface area contributed by atoms with Crippen molar-refractivity contribution in [2.75, 3.05) is 5.88 Å². The Kier molecular flexibility index (Phi) is 4.87. The summed E-state index contributed by atoms with van der Waals surface area (Å²) in [4.78, 5) is 11.1. The average Bonchev–Trinajstić information content (AvgIpc) is 2.28. The number of alkyl halides is 3. The van der Waals surface area contributed by atoms with E-state index in [1.54, 1.807) is 12.1 Å². The van der Waals surface area contributed by atoms with Crippen molar-refractivity contribution in [2.45, 2.75) is 26.2 Å². The number of hydrogen-bond acceptors (Lipinski definition) is 1. The maximum atomic E-state index is 12.6. The van der Waals surface area contributed by atoms with Crippen molar-refractivity contribution in [1.82, 2.24) is 0 Å². The minimum Gasteiger partial charge on any atom is -0.298 e. The van der Waals surface area contributed by atoms with Gasteiger partial charge in [0, 0.05) is 12.0 Å². The van der Waals surface area contributed by atoms with Crippen LogP contribution in [0.2, 0.25) is 0 Å². The topological polar surface area (TPSA) is 17.1 Å². The molecule has 1 aromatic carbocycles. The smallest absolute Gasteiger partial charge is 0.264 e. The maximum absolute atomic E-state index is 12.6. The van der Waals surface area contributed by atoms with Gasteiger partial charge in [0.05, 0.1) is 5.88 Å². The van der Waals surface area contributed by atoms with Crippen molar-refractivity contribution >= 4 is 17.4 Å². The van der Waals surface area contributed by atoms with Gasteiger partial charge in [-0.1, -0.05) is 25.1 Å². The Morgan fingerprint density at radius 3 is 2.62 bits per heavy atom. The number of benzene rings is 1. The Bertz CT molecular complexity index is 377. The molecule has 0 fully saturated rings. The van der Waals surface area contributed by atoms with E-state index in [-0.39, 0.29) is 23.6 Å². The van der Waals surface area contributed by atoms with Gasteiger partial charge in [-0.2, -0.15) is 0 Å². The first-order chi connectivity index (χ1) is 7.58. The fourth-order valence-electron chi connectivity index (χ4n) is 1.56. The summed E-state index contributed by atoms with van der Waals surface area (Å²) in [7, 11) is 0. The first-order valence-corrected chi connectivity index (χ1v) is 5.59. The predicted molar refractivity (Wildman–Crippen MR) is 60.2 cm³/mol. The van der Waals surface area contributed by atoms with Gasteiger partial charge >= 0.3 is 0 Å². The number of carbonyl (C=O) groups excluding carboxylic acids is 1. The van der Waals surface area contributed by atoms with Gasteiger partial charge in [0.2, 0.25) is 0 Å². The summed E-state index contributed by atoms with van der Waals surface area (Å²) in [5.74, 6) is -0.147. The largest absolute Gasteiger partial charge is 0.298 e. The molecule has 0 radical (unpaired) electrons. The molecule has 0 heterocycles. The molecule has 88 valence electrons. The number of aryl methyl sites for hydroxylation is 1. The minimum atomic E-state index is -2.47. The lowest BCUT2D eigenvalue weighted by Crippen LogP contribution is -2.05. The van der Waals surface area contributed by atoms with Gasteiger partial charge in [-0.3, -0.25) is 4.79 Å². The van der Waals surface area contributed by atoms with E-state index in [0.29, 0.717) is 12.0 Å². The molecule has 0 aliphatic carbocycles. The molecule has 0 saturated carbocycles. The fourth-order valence-corrected chi connectivity index (χ4v) is 1.66. The summed E-state index contributed by atoms with van der Waals surface area (Å²) in [6.07, 6.45) is -1.73. The fraction of sp³-hybridized carbons (Fsp3) is 0.417.